The highest BCUT2D eigenvalue weighted by atomic mass is 14.8. The maximum Gasteiger partial charge on any atom is -0.00463 e. The number of aryl methyl sites for hydroxylation is 1. The van der Waals surface area contributed by atoms with Crippen molar-refractivity contribution in [3.63, 3.8) is 0 Å². The quantitative estimate of drug-likeness (QED) is 0.671. The smallest absolute Gasteiger partial charge is 0.00463 e. The van der Waals surface area contributed by atoms with E-state index < -0.39 is 0 Å². The second kappa shape index (κ2) is 7.50. The molecule has 1 saturated carbocycles. The summed E-state index contributed by atoms with van der Waals surface area (Å²) >= 11 is 0. The predicted octanol–water partition coefficient (Wildman–Crippen LogP) is 3.79. The van der Waals surface area contributed by atoms with Gasteiger partial charge in [0.05, 0.1) is 0 Å². The third-order valence-electron chi connectivity index (χ3n) is 3.87. The maximum absolute atomic E-state index is 3.57. The molecule has 0 amide bonds. The van der Waals surface area contributed by atoms with E-state index in [0.29, 0.717) is 0 Å². The molecule has 0 aliphatic heterocycles. The van der Waals surface area contributed by atoms with Crippen molar-refractivity contribution in [3.05, 3.63) is 35.9 Å². The fourth-order valence-electron chi connectivity index (χ4n) is 2.44. The molecule has 1 aliphatic rings. The van der Waals surface area contributed by atoms with E-state index in [9.17, 15) is 0 Å². The summed E-state index contributed by atoms with van der Waals surface area (Å²) < 4.78 is 0. The number of rotatable bonds is 8. The Labute approximate surface area is 106 Å². The minimum atomic E-state index is 1.05. The Balaban J connectivity index is 1.41. The molecule has 0 heterocycles. The van der Waals surface area contributed by atoms with Crippen LogP contribution >= 0.6 is 0 Å². The van der Waals surface area contributed by atoms with E-state index in [4.69, 9.17) is 0 Å². The predicted molar refractivity (Wildman–Crippen MR) is 74.2 cm³/mol. The van der Waals surface area contributed by atoms with E-state index in [1.807, 2.05) is 0 Å². The summed E-state index contributed by atoms with van der Waals surface area (Å²) in [6.07, 6.45) is 9.68. The van der Waals surface area contributed by atoms with Gasteiger partial charge in [-0.05, 0) is 50.3 Å². The number of unbranched alkanes of at least 4 members (excludes halogenated alkanes) is 1. The Hall–Kier alpha value is -0.820. The molecule has 0 saturated heterocycles. The van der Waals surface area contributed by atoms with E-state index >= 15 is 0 Å². The van der Waals surface area contributed by atoms with Crippen molar-refractivity contribution in [2.24, 2.45) is 5.92 Å². The molecule has 1 aromatic rings. The molecule has 0 spiro atoms. The first kappa shape index (κ1) is 12.6. The lowest BCUT2D eigenvalue weighted by Gasteiger charge is -2.25. The first-order valence-corrected chi connectivity index (χ1v) is 7.20. The van der Waals surface area contributed by atoms with Gasteiger partial charge in [0.15, 0.2) is 0 Å². The van der Waals surface area contributed by atoms with Gasteiger partial charge in [-0.2, -0.15) is 0 Å². The largest absolute Gasteiger partial charge is 0.317 e. The van der Waals surface area contributed by atoms with E-state index in [1.165, 1.54) is 63.6 Å². The molecular weight excluding hydrogens is 206 g/mol. The molecule has 0 unspecified atom stereocenters. The molecule has 94 valence electrons. The fourth-order valence-corrected chi connectivity index (χ4v) is 2.44. The molecule has 1 aliphatic carbocycles. The van der Waals surface area contributed by atoms with Gasteiger partial charge in [0.25, 0.3) is 0 Å². The Morgan fingerprint density at radius 2 is 1.82 bits per heavy atom. The average Bonchev–Trinajstić information content (AvgIpc) is 2.31. The fraction of sp³-hybridized carbons (Fsp3) is 0.625. The zero-order valence-corrected chi connectivity index (χ0v) is 10.8. The molecular formula is C16H25N. The van der Waals surface area contributed by atoms with Crippen LogP contribution < -0.4 is 5.32 Å². The number of nitrogens with one attached hydrogen (secondary N) is 1. The molecule has 1 nitrogen and oxygen atoms in total. The van der Waals surface area contributed by atoms with E-state index in [2.05, 4.69) is 35.6 Å². The molecule has 2 rings (SSSR count). The van der Waals surface area contributed by atoms with Crippen molar-refractivity contribution in [1.29, 1.82) is 0 Å². The number of hydrogen-bond donors (Lipinski definition) is 1. The van der Waals surface area contributed by atoms with Gasteiger partial charge >= 0.3 is 0 Å². The molecule has 1 N–H and O–H groups in total. The highest BCUT2D eigenvalue weighted by Gasteiger charge is 2.15. The molecule has 1 fully saturated rings. The zero-order chi connectivity index (χ0) is 11.8. The van der Waals surface area contributed by atoms with Crippen LogP contribution in [0.25, 0.3) is 0 Å². The molecule has 0 radical (unpaired) electrons. The Morgan fingerprint density at radius 3 is 2.53 bits per heavy atom. The average molecular weight is 231 g/mol. The van der Waals surface area contributed by atoms with Gasteiger partial charge in [0.1, 0.15) is 0 Å². The van der Waals surface area contributed by atoms with Crippen LogP contribution in [0.4, 0.5) is 0 Å². The summed E-state index contributed by atoms with van der Waals surface area (Å²) in [6.45, 7) is 2.43. The second-order valence-electron chi connectivity index (χ2n) is 5.28. The molecule has 17 heavy (non-hydrogen) atoms. The summed E-state index contributed by atoms with van der Waals surface area (Å²) in [4.78, 5) is 0. The lowest BCUT2D eigenvalue weighted by molar-refractivity contribution is 0.292. The molecule has 1 aromatic carbocycles. The van der Waals surface area contributed by atoms with Gasteiger partial charge in [-0.3, -0.25) is 0 Å². The van der Waals surface area contributed by atoms with Crippen LogP contribution in [0.5, 0.6) is 0 Å². The van der Waals surface area contributed by atoms with Crippen molar-refractivity contribution in [2.45, 2.75) is 44.9 Å². The number of benzene rings is 1. The Kier molecular flexibility index (Phi) is 5.57. The first-order chi connectivity index (χ1) is 8.45. The first-order valence-electron chi connectivity index (χ1n) is 7.20. The van der Waals surface area contributed by atoms with Crippen molar-refractivity contribution >= 4 is 0 Å². The molecule has 0 aromatic heterocycles. The van der Waals surface area contributed by atoms with Crippen molar-refractivity contribution in [1.82, 2.24) is 5.32 Å². The van der Waals surface area contributed by atoms with Crippen LogP contribution in [-0.2, 0) is 6.42 Å². The normalized spacial score (nSPS) is 15.8. The van der Waals surface area contributed by atoms with Crippen LogP contribution in [-0.4, -0.2) is 13.1 Å². The van der Waals surface area contributed by atoms with Crippen molar-refractivity contribution in [3.8, 4) is 0 Å². The standard InChI is InChI=1S/C16H25N/c1-2-7-15(8-3-1)9-4-5-13-17-14-12-16-10-6-11-16/h1-3,7-8,16-17H,4-6,9-14H2. The Morgan fingerprint density at radius 1 is 1.00 bits per heavy atom. The minimum Gasteiger partial charge on any atom is -0.317 e. The highest BCUT2D eigenvalue weighted by molar-refractivity contribution is 5.14. The van der Waals surface area contributed by atoms with E-state index in [1.54, 1.807) is 0 Å². The van der Waals surface area contributed by atoms with Crippen molar-refractivity contribution in [2.75, 3.05) is 13.1 Å². The van der Waals surface area contributed by atoms with Crippen LogP contribution in [0.3, 0.4) is 0 Å². The van der Waals surface area contributed by atoms with Gasteiger partial charge < -0.3 is 5.32 Å². The summed E-state index contributed by atoms with van der Waals surface area (Å²) in [7, 11) is 0. The SMILES string of the molecule is c1ccc(CCCCNCCC2CCC2)cc1. The van der Waals surface area contributed by atoms with Crippen molar-refractivity contribution < 1.29 is 0 Å². The molecule has 0 bridgehead atoms. The van der Waals surface area contributed by atoms with Gasteiger partial charge in [-0.25, -0.2) is 0 Å². The van der Waals surface area contributed by atoms with E-state index in [-0.39, 0.29) is 0 Å². The summed E-state index contributed by atoms with van der Waals surface area (Å²) in [5.41, 5.74) is 1.47. The topological polar surface area (TPSA) is 12.0 Å². The van der Waals surface area contributed by atoms with Gasteiger partial charge in [-0.15, -0.1) is 0 Å². The summed E-state index contributed by atoms with van der Waals surface area (Å²) in [5.74, 6) is 1.05. The van der Waals surface area contributed by atoms with Crippen LogP contribution in [0.1, 0.15) is 44.1 Å². The van der Waals surface area contributed by atoms with Gasteiger partial charge in [0.2, 0.25) is 0 Å². The second-order valence-corrected chi connectivity index (χ2v) is 5.28. The highest BCUT2D eigenvalue weighted by Crippen LogP contribution is 2.28. The van der Waals surface area contributed by atoms with Crippen LogP contribution in [0, 0.1) is 5.92 Å². The third kappa shape index (κ3) is 4.91. The van der Waals surface area contributed by atoms with Crippen LogP contribution in [0.2, 0.25) is 0 Å². The van der Waals surface area contributed by atoms with Gasteiger partial charge in [0, 0.05) is 0 Å². The third-order valence-corrected chi connectivity index (χ3v) is 3.87. The molecule has 1 heteroatoms. The molecule has 0 atom stereocenters. The number of hydrogen-bond acceptors (Lipinski definition) is 1. The van der Waals surface area contributed by atoms with E-state index in [0.717, 1.165) is 5.92 Å². The minimum absolute atomic E-state index is 1.05. The lowest BCUT2D eigenvalue weighted by atomic mass is 9.83. The summed E-state index contributed by atoms with van der Waals surface area (Å²) in [6, 6.07) is 10.8. The lowest BCUT2D eigenvalue weighted by Crippen LogP contribution is -2.22. The monoisotopic (exact) mass is 231 g/mol. The maximum atomic E-state index is 3.57. The van der Waals surface area contributed by atoms with Crippen LogP contribution in [0.15, 0.2) is 30.3 Å². The van der Waals surface area contributed by atoms with Gasteiger partial charge in [-0.1, -0.05) is 49.6 Å². The Bertz CT molecular complexity index is 290. The summed E-state index contributed by atoms with van der Waals surface area (Å²) in [5, 5.41) is 3.57. The zero-order valence-electron chi connectivity index (χ0n) is 10.8.